The Morgan fingerprint density at radius 3 is 2.07 bits per heavy atom. The zero-order chi connectivity index (χ0) is 11.2. The van der Waals surface area contributed by atoms with Gasteiger partial charge in [-0.1, -0.05) is 40.0 Å². The molecular formula is C12H26O2. The van der Waals surface area contributed by atoms with Crippen LogP contribution in [0.15, 0.2) is 0 Å². The summed E-state index contributed by atoms with van der Waals surface area (Å²) in [5, 5.41) is 19.7. The van der Waals surface area contributed by atoms with Crippen molar-refractivity contribution in [1.82, 2.24) is 0 Å². The Kier molecular flexibility index (Phi) is 6.38. The summed E-state index contributed by atoms with van der Waals surface area (Å²) in [5.74, 6) is 0.541. The molecule has 14 heavy (non-hydrogen) atoms. The van der Waals surface area contributed by atoms with E-state index in [9.17, 15) is 10.2 Å². The molecule has 0 aromatic carbocycles. The Labute approximate surface area is 88.3 Å². The van der Waals surface area contributed by atoms with Crippen LogP contribution in [0.2, 0.25) is 0 Å². The van der Waals surface area contributed by atoms with Crippen LogP contribution in [0.25, 0.3) is 0 Å². The van der Waals surface area contributed by atoms with Gasteiger partial charge in [0.2, 0.25) is 0 Å². The van der Waals surface area contributed by atoms with Crippen molar-refractivity contribution in [2.45, 2.75) is 71.5 Å². The Bertz CT molecular complexity index is 145. The summed E-state index contributed by atoms with van der Waals surface area (Å²) in [6.07, 6.45) is 4.11. The number of hydrogen-bond acceptors (Lipinski definition) is 2. The van der Waals surface area contributed by atoms with Gasteiger partial charge in [-0.2, -0.15) is 0 Å². The largest absolute Gasteiger partial charge is 0.390 e. The van der Waals surface area contributed by atoms with E-state index in [0.29, 0.717) is 12.3 Å². The minimum absolute atomic E-state index is 0.541. The van der Waals surface area contributed by atoms with Gasteiger partial charge in [0.25, 0.3) is 0 Å². The van der Waals surface area contributed by atoms with Crippen LogP contribution in [0.1, 0.15) is 59.8 Å². The quantitative estimate of drug-likeness (QED) is 0.666. The minimum Gasteiger partial charge on any atom is -0.390 e. The third-order valence-corrected chi connectivity index (χ3v) is 3.31. The molecule has 3 atom stereocenters. The van der Waals surface area contributed by atoms with E-state index >= 15 is 0 Å². The molecule has 86 valence electrons. The summed E-state index contributed by atoms with van der Waals surface area (Å²) in [5.41, 5.74) is -0.879. The lowest BCUT2D eigenvalue weighted by Crippen LogP contribution is -2.41. The van der Waals surface area contributed by atoms with Crippen LogP contribution in [0, 0.1) is 5.92 Å². The van der Waals surface area contributed by atoms with Gasteiger partial charge in [0.05, 0.1) is 11.7 Å². The molecule has 2 N–H and O–H groups in total. The van der Waals surface area contributed by atoms with E-state index in [-0.39, 0.29) is 0 Å². The van der Waals surface area contributed by atoms with E-state index in [1.165, 1.54) is 0 Å². The van der Waals surface area contributed by atoms with Crippen molar-refractivity contribution >= 4 is 0 Å². The van der Waals surface area contributed by atoms with Crippen molar-refractivity contribution in [3.05, 3.63) is 0 Å². The van der Waals surface area contributed by atoms with Crippen LogP contribution in [0.5, 0.6) is 0 Å². The monoisotopic (exact) mass is 202 g/mol. The van der Waals surface area contributed by atoms with Crippen molar-refractivity contribution in [3.63, 3.8) is 0 Å². The average Bonchev–Trinajstić information content (AvgIpc) is 2.16. The minimum atomic E-state index is -0.879. The predicted molar refractivity (Wildman–Crippen MR) is 60.2 cm³/mol. The van der Waals surface area contributed by atoms with E-state index in [4.69, 9.17) is 0 Å². The van der Waals surface area contributed by atoms with Gasteiger partial charge in [-0.25, -0.2) is 0 Å². The van der Waals surface area contributed by atoms with Gasteiger partial charge >= 0.3 is 0 Å². The van der Waals surface area contributed by atoms with Gasteiger partial charge in [-0.3, -0.25) is 0 Å². The zero-order valence-electron chi connectivity index (χ0n) is 10.1. The van der Waals surface area contributed by atoms with E-state index in [1.807, 2.05) is 6.92 Å². The first-order chi connectivity index (χ1) is 6.50. The highest BCUT2D eigenvalue weighted by Gasteiger charge is 2.32. The van der Waals surface area contributed by atoms with Gasteiger partial charge in [0.15, 0.2) is 0 Å². The molecule has 0 saturated carbocycles. The first-order valence-corrected chi connectivity index (χ1v) is 5.90. The summed E-state index contributed by atoms with van der Waals surface area (Å²) in [4.78, 5) is 0. The SMILES string of the molecule is CCCC(CC)CC(O)(CC)C(C)O. The molecule has 0 amide bonds. The van der Waals surface area contributed by atoms with E-state index in [0.717, 1.165) is 25.7 Å². The summed E-state index contributed by atoms with van der Waals surface area (Å²) in [7, 11) is 0. The Morgan fingerprint density at radius 1 is 1.21 bits per heavy atom. The highest BCUT2D eigenvalue weighted by Crippen LogP contribution is 2.28. The molecule has 2 nitrogen and oxygen atoms in total. The third kappa shape index (κ3) is 3.97. The van der Waals surface area contributed by atoms with Crippen molar-refractivity contribution in [2.24, 2.45) is 5.92 Å². The van der Waals surface area contributed by atoms with Gasteiger partial charge in [-0.05, 0) is 25.7 Å². The lowest BCUT2D eigenvalue weighted by molar-refractivity contribution is -0.0842. The summed E-state index contributed by atoms with van der Waals surface area (Å²) < 4.78 is 0. The molecule has 0 rings (SSSR count). The van der Waals surface area contributed by atoms with Crippen molar-refractivity contribution in [2.75, 3.05) is 0 Å². The lowest BCUT2D eigenvalue weighted by atomic mass is 9.81. The number of aliphatic hydroxyl groups is 2. The van der Waals surface area contributed by atoms with Gasteiger partial charge in [0.1, 0.15) is 0 Å². The van der Waals surface area contributed by atoms with Crippen LogP contribution >= 0.6 is 0 Å². The fourth-order valence-electron chi connectivity index (χ4n) is 1.97. The molecule has 0 bridgehead atoms. The van der Waals surface area contributed by atoms with Crippen molar-refractivity contribution in [3.8, 4) is 0 Å². The topological polar surface area (TPSA) is 40.5 Å². The second-order valence-electron chi connectivity index (χ2n) is 4.40. The summed E-state index contributed by atoms with van der Waals surface area (Å²) >= 11 is 0. The van der Waals surface area contributed by atoms with Crippen molar-refractivity contribution in [1.29, 1.82) is 0 Å². The number of aliphatic hydroxyl groups excluding tert-OH is 1. The maximum absolute atomic E-state index is 10.2. The van der Waals surface area contributed by atoms with Crippen LogP contribution in [-0.4, -0.2) is 21.9 Å². The van der Waals surface area contributed by atoms with E-state index in [2.05, 4.69) is 13.8 Å². The number of hydrogen-bond donors (Lipinski definition) is 2. The first kappa shape index (κ1) is 13.9. The standard InChI is InChI=1S/C12H26O2/c1-5-8-11(6-2)9-12(14,7-3)10(4)13/h10-11,13-14H,5-9H2,1-4H3. The van der Waals surface area contributed by atoms with Gasteiger partial charge in [-0.15, -0.1) is 0 Å². The summed E-state index contributed by atoms with van der Waals surface area (Å²) in [6, 6.07) is 0. The van der Waals surface area contributed by atoms with Crippen LogP contribution in [0.4, 0.5) is 0 Å². The highest BCUT2D eigenvalue weighted by atomic mass is 16.3. The Balaban J connectivity index is 4.26. The fourth-order valence-corrected chi connectivity index (χ4v) is 1.97. The predicted octanol–water partition coefficient (Wildman–Crippen LogP) is 2.72. The molecule has 0 spiro atoms. The van der Waals surface area contributed by atoms with Crippen LogP contribution in [0.3, 0.4) is 0 Å². The van der Waals surface area contributed by atoms with Crippen LogP contribution in [-0.2, 0) is 0 Å². The second kappa shape index (κ2) is 6.41. The normalized spacial score (nSPS) is 20.1. The Morgan fingerprint density at radius 2 is 1.79 bits per heavy atom. The molecule has 0 heterocycles. The maximum Gasteiger partial charge on any atom is 0.0902 e. The first-order valence-electron chi connectivity index (χ1n) is 5.90. The summed E-state index contributed by atoms with van der Waals surface area (Å²) in [6.45, 7) is 7.93. The molecule has 0 radical (unpaired) electrons. The third-order valence-electron chi connectivity index (χ3n) is 3.31. The average molecular weight is 202 g/mol. The molecule has 0 aliphatic rings. The van der Waals surface area contributed by atoms with E-state index < -0.39 is 11.7 Å². The molecule has 2 heteroatoms. The molecule has 0 aliphatic heterocycles. The zero-order valence-corrected chi connectivity index (χ0v) is 10.1. The molecule has 0 aromatic heterocycles. The lowest BCUT2D eigenvalue weighted by Gasteiger charge is -2.33. The highest BCUT2D eigenvalue weighted by molar-refractivity contribution is 4.84. The second-order valence-corrected chi connectivity index (χ2v) is 4.40. The molecule has 0 saturated heterocycles. The fraction of sp³-hybridized carbons (Fsp3) is 1.00. The molecule has 0 aromatic rings. The molecule has 0 aliphatic carbocycles. The Hall–Kier alpha value is -0.0800. The maximum atomic E-state index is 10.2. The molecular weight excluding hydrogens is 176 g/mol. The number of rotatable bonds is 7. The van der Waals surface area contributed by atoms with Gasteiger partial charge < -0.3 is 10.2 Å². The van der Waals surface area contributed by atoms with E-state index in [1.54, 1.807) is 6.92 Å². The smallest absolute Gasteiger partial charge is 0.0902 e. The van der Waals surface area contributed by atoms with Crippen LogP contribution < -0.4 is 0 Å². The van der Waals surface area contributed by atoms with Crippen molar-refractivity contribution < 1.29 is 10.2 Å². The molecule has 0 fully saturated rings. The van der Waals surface area contributed by atoms with Gasteiger partial charge in [0, 0.05) is 0 Å². The molecule has 3 unspecified atom stereocenters.